The molecule has 0 aliphatic carbocycles. The summed E-state index contributed by atoms with van der Waals surface area (Å²) in [7, 11) is 0. The number of aromatic nitrogens is 2. The number of nitrogen functional groups attached to an aromatic ring is 1. The lowest BCUT2D eigenvalue weighted by Crippen LogP contribution is -2.47. The lowest BCUT2D eigenvalue weighted by atomic mass is 10.3. The van der Waals surface area contributed by atoms with Crippen molar-refractivity contribution in [2.45, 2.75) is 6.92 Å². The molecule has 7 nitrogen and oxygen atoms in total. The van der Waals surface area contributed by atoms with Gasteiger partial charge in [0.05, 0.1) is 6.61 Å². The van der Waals surface area contributed by atoms with Crippen molar-refractivity contribution in [1.82, 2.24) is 14.9 Å². The van der Waals surface area contributed by atoms with Crippen molar-refractivity contribution in [2.75, 3.05) is 44.2 Å². The molecule has 1 saturated heterocycles. The van der Waals surface area contributed by atoms with E-state index in [1.807, 2.05) is 6.92 Å². The van der Waals surface area contributed by atoms with Crippen molar-refractivity contribution in [1.29, 1.82) is 5.41 Å². The number of amidine groups is 1. The Hall–Kier alpha value is -1.73. The number of hydrogen-bond donors (Lipinski definition) is 3. The maximum Gasteiger partial charge on any atom is 0.226 e. The van der Waals surface area contributed by atoms with Crippen LogP contribution in [0.15, 0.2) is 6.07 Å². The zero-order valence-corrected chi connectivity index (χ0v) is 11.1. The highest BCUT2D eigenvalue weighted by molar-refractivity contribution is 5.93. The molecule has 0 saturated carbocycles. The number of aliphatic hydroxyl groups is 1. The van der Waals surface area contributed by atoms with Gasteiger partial charge in [-0.2, -0.15) is 0 Å². The van der Waals surface area contributed by atoms with E-state index in [1.54, 1.807) is 6.07 Å². The summed E-state index contributed by atoms with van der Waals surface area (Å²) < 4.78 is 0. The topological polar surface area (TPSA) is 102 Å². The van der Waals surface area contributed by atoms with E-state index in [-0.39, 0.29) is 12.4 Å². The fraction of sp³-hybridized carbons (Fsp3) is 0.583. The Morgan fingerprint density at radius 2 is 2.05 bits per heavy atom. The molecule has 2 rings (SSSR count). The number of aliphatic hydroxyl groups excluding tert-OH is 1. The molecule has 1 aliphatic heterocycles. The molecule has 0 unspecified atom stereocenters. The number of β-amino-alcohol motifs (C(OH)–C–C–N with tert-alkyl or cyclic N) is 1. The van der Waals surface area contributed by atoms with Gasteiger partial charge in [0.2, 0.25) is 5.95 Å². The minimum atomic E-state index is -0.0364. The third-order valence-electron chi connectivity index (χ3n) is 3.19. The quantitative estimate of drug-likeness (QED) is 0.485. The molecule has 1 aromatic heterocycles. The lowest BCUT2D eigenvalue weighted by Gasteiger charge is -2.34. The molecule has 7 heteroatoms. The summed E-state index contributed by atoms with van der Waals surface area (Å²) in [6.07, 6.45) is 0. The number of rotatable bonds is 4. The Kier molecular flexibility index (Phi) is 4.28. The van der Waals surface area contributed by atoms with E-state index in [0.717, 1.165) is 31.9 Å². The molecule has 0 bridgehead atoms. The highest BCUT2D eigenvalue weighted by Crippen LogP contribution is 2.12. The van der Waals surface area contributed by atoms with Gasteiger partial charge in [0, 0.05) is 38.4 Å². The van der Waals surface area contributed by atoms with Crippen LogP contribution in [0.5, 0.6) is 0 Å². The molecule has 104 valence electrons. The van der Waals surface area contributed by atoms with E-state index >= 15 is 0 Å². The van der Waals surface area contributed by atoms with Gasteiger partial charge in [-0.1, -0.05) is 0 Å². The number of piperazine rings is 1. The van der Waals surface area contributed by atoms with Crippen LogP contribution in [0.2, 0.25) is 0 Å². The molecule has 0 amide bonds. The van der Waals surface area contributed by atoms with E-state index in [0.29, 0.717) is 18.2 Å². The van der Waals surface area contributed by atoms with E-state index in [4.69, 9.17) is 16.2 Å². The molecule has 1 aromatic rings. The normalized spacial score (nSPS) is 16.6. The molecule has 4 N–H and O–H groups in total. The summed E-state index contributed by atoms with van der Waals surface area (Å²) in [6.45, 7) is 6.18. The van der Waals surface area contributed by atoms with Crippen molar-refractivity contribution in [2.24, 2.45) is 5.73 Å². The third kappa shape index (κ3) is 3.39. The fourth-order valence-electron chi connectivity index (χ4n) is 2.15. The van der Waals surface area contributed by atoms with Crippen molar-refractivity contribution < 1.29 is 5.11 Å². The SMILES string of the molecule is Cc1cc(C(=N)N)nc(N2CCN(CCO)CC2)n1. The summed E-state index contributed by atoms with van der Waals surface area (Å²) in [4.78, 5) is 13.0. The number of nitrogens with two attached hydrogens (primary N) is 1. The van der Waals surface area contributed by atoms with Crippen molar-refractivity contribution in [3.63, 3.8) is 0 Å². The molecule has 0 atom stereocenters. The second-order valence-electron chi connectivity index (χ2n) is 4.66. The molecular weight excluding hydrogens is 244 g/mol. The summed E-state index contributed by atoms with van der Waals surface area (Å²) in [5.41, 5.74) is 6.77. The maximum atomic E-state index is 8.92. The second-order valence-corrected chi connectivity index (χ2v) is 4.66. The van der Waals surface area contributed by atoms with Crippen LogP contribution in [-0.4, -0.2) is 65.1 Å². The van der Waals surface area contributed by atoms with Crippen LogP contribution < -0.4 is 10.6 Å². The van der Waals surface area contributed by atoms with Crippen LogP contribution in [0.1, 0.15) is 11.4 Å². The molecule has 1 aliphatic rings. The highest BCUT2D eigenvalue weighted by atomic mass is 16.3. The molecule has 19 heavy (non-hydrogen) atoms. The van der Waals surface area contributed by atoms with Gasteiger partial charge >= 0.3 is 0 Å². The second kappa shape index (κ2) is 5.94. The van der Waals surface area contributed by atoms with Crippen LogP contribution in [0.3, 0.4) is 0 Å². The van der Waals surface area contributed by atoms with Gasteiger partial charge < -0.3 is 15.7 Å². The Morgan fingerprint density at radius 1 is 1.37 bits per heavy atom. The number of nitrogens with one attached hydrogen (secondary N) is 1. The first-order valence-corrected chi connectivity index (χ1v) is 6.38. The van der Waals surface area contributed by atoms with E-state index in [1.165, 1.54) is 0 Å². The van der Waals surface area contributed by atoms with Crippen LogP contribution in [-0.2, 0) is 0 Å². The lowest BCUT2D eigenvalue weighted by molar-refractivity contribution is 0.188. The van der Waals surface area contributed by atoms with Gasteiger partial charge in [0.1, 0.15) is 11.5 Å². The zero-order chi connectivity index (χ0) is 13.8. The number of hydrogen-bond acceptors (Lipinski definition) is 6. The Balaban J connectivity index is 2.09. The predicted molar refractivity (Wildman–Crippen MR) is 73.5 cm³/mol. The van der Waals surface area contributed by atoms with E-state index in [2.05, 4.69) is 19.8 Å². The summed E-state index contributed by atoms with van der Waals surface area (Å²) in [5.74, 6) is 0.597. The summed E-state index contributed by atoms with van der Waals surface area (Å²) in [5, 5.41) is 16.4. The molecular formula is C12H20N6O. The Bertz CT molecular complexity index is 456. The number of aryl methyl sites for hydroxylation is 1. The van der Waals surface area contributed by atoms with Gasteiger partial charge in [-0.25, -0.2) is 9.97 Å². The number of anilines is 1. The summed E-state index contributed by atoms with van der Waals surface area (Å²) in [6, 6.07) is 1.72. The average molecular weight is 264 g/mol. The largest absolute Gasteiger partial charge is 0.395 e. The van der Waals surface area contributed by atoms with Crippen molar-refractivity contribution in [3.05, 3.63) is 17.5 Å². The molecule has 1 fully saturated rings. The highest BCUT2D eigenvalue weighted by Gasteiger charge is 2.19. The fourth-order valence-corrected chi connectivity index (χ4v) is 2.15. The first kappa shape index (κ1) is 13.7. The van der Waals surface area contributed by atoms with E-state index < -0.39 is 0 Å². The molecule has 0 spiro atoms. The average Bonchev–Trinajstić information content (AvgIpc) is 2.39. The van der Waals surface area contributed by atoms with Gasteiger partial charge in [0.25, 0.3) is 0 Å². The molecule has 0 aromatic carbocycles. The first-order valence-electron chi connectivity index (χ1n) is 6.38. The first-order chi connectivity index (χ1) is 9.10. The summed E-state index contributed by atoms with van der Waals surface area (Å²) >= 11 is 0. The smallest absolute Gasteiger partial charge is 0.226 e. The monoisotopic (exact) mass is 264 g/mol. The Labute approximate surface area is 112 Å². The predicted octanol–water partition coefficient (Wildman–Crippen LogP) is -0.817. The number of nitrogens with zero attached hydrogens (tertiary/aromatic N) is 4. The van der Waals surface area contributed by atoms with Gasteiger partial charge in [-0.3, -0.25) is 10.3 Å². The standard InChI is InChI=1S/C12H20N6O/c1-9-8-10(11(13)14)16-12(15-9)18-4-2-17(3-5-18)6-7-19/h8,19H,2-7H2,1H3,(H3,13,14). The van der Waals surface area contributed by atoms with Gasteiger partial charge in [-0.05, 0) is 13.0 Å². The van der Waals surface area contributed by atoms with Crippen molar-refractivity contribution in [3.8, 4) is 0 Å². The van der Waals surface area contributed by atoms with Crippen molar-refractivity contribution >= 4 is 11.8 Å². The van der Waals surface area contributed by atoms with Crippen LogP contribution in [0.4, 0.5) is 5.95 Å². The Morgan fingerprint density at radius 3 is 2.63 bits per heavy atom. The van der Waals surface area contributed by atoms with Gasteiger partial charge in [-0.15, -0.1) is 0 Å². The van der Waals surface area contributed by atoms with Crippen LogP contribution in [0, 0.1) is 12.3 Å². The maximum absolute atomic E-state index is 8.92. The van der Waals surface area contributed by atoms with Crippen LogP contribution in [0.25, 0.3) is 0 Å². The molecule has 0 radical (unpaired) electrons. The minimum Gasteiger partial charge on any atom is -0.395 e. The molecule has 2 heterocycles. The zero-order valence-electron chi connectivity index (χ0n) is 11.1. The van der Waals surface area contributed by atoms with Gasteiger partial charge in [0.15, 0.2) is 0 Å². The van der Waals surface area contributed by atoms with E-state index in [9.17, 15) is 0 Å². The third-order valence-corrected chi connectivity index (χ3v) is 3.19. The van der Waals surface area contributed by atoms with Crippen LogP contribution >= 0.6 is 0 Å². The minimum absolute atomic E-state index is 0.0364.